The van der Waals surface area contributed by atoms with Crippen molar-refractivity contribution < 1.29 is 4.79 Å². The molecule has 0 saturated heterocycles. The molecule has 24 heavy (non-hydrogen) atoms. The van der Waals surface area contributed by atoms with Gasteiger partial charge in [-0.1, -0.05) is 17.8 Å². The van der Waals surface area contributed by atoms with Crippen LogP contribution in [0.3, 0.4) is 0 Å². The molecule has 0 aliphatic rings. The average Bonchev–Trinajstić information content (AvgIpc) is 2.95. The summed E-state index contributed by atoms with van der Waals surface area (Å²) in [4.78, 5) is 22.0. The zero-order valence-corrected chi connectivity index (χ0v) is 15.8. The van der Waals surface area contributed by atoms with Gasteiger partial charge in [0.05, 0.1) is 10.6 Å². The molecule has 3 rings (SSSR count). The van der Waals surface area contributed by atoms with Crippen LogP contribution in [0.4, 0.5) is 10.9 Å². The summed E-state index contributed by atoms with van der Waals surface area (Å²) in [5.74, 6) is 0.267. The van der Waals surface area contributed by atoms with Gasteiger partial charge in [0.1, 0.15) is 5.82 Å². The van der Waals surface area contributed by atoms with E-state index in [2.05, 4.69) is 31.2 Å². The lowest BCUT2D eigenvalue weighted by atomic mass is 10.2. The molecule has 0 unspecified atom stereocenters. The minimum absolute atomic E-state index is 0.443. The van der Waals surface area contributed by atoms with Crippen molar-refractivity contribution in [3.63, 3.8) is 0 Å². The van der Waals surface area contributed by atoms with Gasteiger partial charge in [0.25, 0.3) is 0 Å². The number of pyridine rings is 1. The summed E-state index contributed by atoms with van der Waals surface area (Å²) in [6, 6.07) is 9.17. The summed E-state index contributed by atoms with van der Waals surface area (Å²) in [7, 11) is 0. The minimum Gasteiger partial charge on any atom is -0.366 e. The van der Waals surface area contributed by atoms with Gasteiger partial charge in [-0.3, -0.25) is 4.79 Å². The third-order valence-corrected chi connectivity index (χ3v) is 5.34. The molecule has 3 N–H and O–H groups in total. The zero-order chi connectivity index (χ0) is 17.1. The molecule has 0 spiro atoms. The number of aryl methyl sites for hydroxylation is 1. The molecule has 3 aromatic rings. The quantitative estimate of drug-likeness (QED) is 0.629. The number of primary amides is 1. The second-order valence-electron chi connectivity index (χ2n) is 4.91. The van der Waals surface area contributed by atoms with Crippen LogP contribution in [0.5, 0.6) is 0 Å². The van der Waals surface area contributed by atoms with Gasteiger partial charge < -0.3 is 11.1 Å². The SMILES string of the molecule is Cc1csc(Nc2ncc(Br)cc2Sc2cccc(C(N)=O)c2)n1. The van der Waals surface area contributed by atoms with Crippen molar-refractivity contribution in [2.75, 3.05) is 5.32 Å². The molecule has 0 aliphatic heterocycles. The van der Waals surface area contributed by atoms with E-state index >= 15 is 0 Å². The third-order valence-electron chi connectivity index (χ3n) is 3.01. The number of carbonyl (C=O) groups is 1. The number of halogens is 1. The topological polar surface area (TPSA) is 80.9 Å². The maximum atomic E-state index is 11.3. The Labute approximate surface area is 155 Å². The Kier molecular flexibility index (Phi) is 5.17. The standard InChI is InChI=1S/C16H13BrN4OS2/c1-9-8-23-16(20-9)21-15-13(6-11(17)7-19-15)24-12-4-2-3-10(5-12)14(18)22/h2-8H,1H3,(H2,18,22)(H,19,20,21). The Morgan fingerprint density at radius 1 is 1.38 bits per heavy atom. The first-order valence-electron chi connectivity index (χ1n) is 6.93. The van der Waals surface area contributed by atoms with Crippen LogP contribution in [0.25, 0.3) is 0 Å². The van der Waals surface area contributed by atoms with Gasteiger partial charge in [0.2, 0.25) is 5.91 Å². The number of hydrogen-bond donors (Lipinski definition) is 2. The Balaban J connectivity index is 1.90. The molecule has 0 radical (unpaired) electrons. The van der Waals surface area contributed by atoms with E-state index in [1.54, 1.807) is 18.3 Å². The molecule has 1 aromatic carbocycles. The fourth-order valence-corrected chi connectivity index (χ4v) is 4.09. The number of nitrogens with two attached hydrogens (primary N) is 1. The summed E-state index contributed by atoms with van der Waals surface area (Å²) in [6.07, 6.45) is 1.73. The van der Waals surface area contributed by atoms with Crippen molar-refractivity contribution in [1.29, 1.82) is 0 Å². The van der Waals surface area contributed by atoms with Crippen molar-refractivity contribution in [2.24, 2.45) is 5.73 Å². The number of nitrogens with one attached hydrogen (secondary N) is 1. The molecule has 0 bridgehead atoms. The number of nitrogens with zero attached hydrogens (tertiary/aromatic N) is 2. The second kappa shape index (κ2) is 7.33. The fraction of sp³-hybridized carbons (Fsp3) is 0.0625. The van der Waals surface area contributed by atoms with Gasteiger partial charge in [-0.2, -0.15) is 0 Å². The monoisotopic (exact) mass is 420 g/mol. The first-order chi connectivity index (χ1) is 11.5. The average molecular weight is 421 g/mol. The Bertz CT molecular complexity index is 897. The summed E-state index contributed by atoms with van der Waals surface area (Å²) in [5.41, 5.74) is 6.79. The minimum atomic E-state index is -0.443. The number of benzene rings is 1. The molecule has 5 nitrogen and oxygen atoms in total. The van der Waals surface area contributed by atoms with Gasteiger partial charge in [-0.05, 0) is 47.1 Å². The van der Waals surface area contributed by atoms with Gasteiger partial charge in [-0.25, -0.2) is 9.97 Å². The van der Waals surface area contributed by atoms with Gasteiger partial charge in [0, 0.05) is 26.5 Å². The lowest BCUT2D eigenvalue weighted by molar-refractivity contribution is 0.1000. The lowest BCUT2D eigenvalue weighted by Crippen LogP contribution is -2.10. The van der Waals surface area contributed by atoms with Crippen molar-refractivity contribution in [2.45, 2.75) is 16.7 Å². The third kappa shape index (κ3) is 4.14. The first-order valence-corrected chi connectivity index (χ1v) is 9.42. The van der Waals surface area contributed by atoms with Crippen LogP contribution < -0.4 is 11.1 Å². The number of thiazole rings is 1. The molecule has 8 heteroatoms. The van der Waals surface area contributed by atoms with Crippen molar-refractivity contribution in [1.82, 2.24) is 9.97 Å². The smallest absolute Gasteiger partial charge is 0.248 e. The highest BCUT2D eigenvalue weighted by atomic mass is 79.9. The molecule has 0 fully saturated rings. The lowest BCUT2D eigenvalue weighted by Gasteiger charge is -2.10. The van der Waals surface area contributed by atoms with Crippen molar-refractivity contribution in [3.05, 3.63) is 57.6 Å². The van der Waals surface area contributed by atoms with E-state index in [0.717, 1.165) is 25.1 Å². The Morgan fingerprint density at radius 3 is 2.92 bits per heavy atom. The Hall–Kier alpha value is -1.90. The molecule has 1 amide bonds. The molecular weight excluding hydrogens is 408 g/mol. The van der Waals surface area contributed by atoms with E-state index in [9.17, 15) is 4.79 Å². The predicted octanol–water partition coefficient (Wildman–Crippen LogP) is 4.60. The highest BCUT2D eigenvalue weighted by Crippen LogP contribution is 2.36. The summed E-state index contributed by atoms with van der Waals surface area (Å²) < 4.78 is 0.872. The molecule has 2 heterocycles. The fourth-order valence-electron chi connectivity index (χ4n) is 1.94. The van der Waals surface area contributed by atoms with E-state index < -0.39 is 5.91 Å². The maximum Gasteiger partial charge on any atom is 0.248 e. The van der Waals surface area contributed by atoms with Crippen molar-refractivity contribution in [3.8, 4) is 0 Å². The summed E-state index contributed by atoms with van der Waals surface area (Å²) in [6.45, 7) is 1.95. The largest absolute Gasteiger partial charge is 0.366 e. The number of aromatic nitrogens is 2. The highest BCUT2D eigenvalue weighted by Gasteiger charge is 2.10. The number of carbonyl (C=O) groups excluding carboxylic acids is 1. The predicted molar refractivity (Wildman–Crippen MR) is 101 cm³/mol. The molecule has 0 atom stereocenters. The number of anilines is 2. The molecule has 0 aliphatic carbocycles. The number of hydrogen-bond acceptors (Lipinski definition) is 6. The Morgan fingerprint density at radius 2 is 2.21 bits per heavy atom. The molecule has 0 saturated carbocycles. The van der Waals surface area contributed by atoms with E-state index in [-0.39, 0.29) is 0 Å². The van der Waals surface area contributed by atoms with E-state index in [1.165, 1.54) is 23.1 Å². The maximum absolute atomic E-state index is 11.3. The van der Waals surface area contributed by atoms with Gasteiger partial charge >= 0.3 is 0 Å². The van der Waals surface area contributed by atoms with Gasteiger partial charge in [-0.15, -0.1) is 11.3 Å². The van der Waals surface area contributed by atoms with Crippen LogP contribution in [0.1, 0.15) is 16.1 Å². The summed E-state index contributed by atoms with van der Waals surface area (Å²) in [5, 5.41) is 6.00. The van der Waals surface area contributed by atoms with Crippen LogP contribution in [0.15, 0.2) is 56.2 Å². The summed E-state index contributed by atoms with van der Waals surface area (Å²) >= 11 is 6.47. The zero-order valence-electron chi connectivity index (χ0n) is 12.6. The van der Waals surface area contributed by atoms with Gasteiger partial charge in [0.15, 0.2) is 5.13 Å². The molecular formula is C16H13BrN4OS2. The number of rotatable bonds is 5. The molecule has 2 aromatic heterocycles. The van der Waals surface area contributed by atoms with Crippen LogP contribution in [-0.4, -0.2) is 15.9 Å². The van der Waals surface area contributed by atoms with Crippen LogP contribution in [-0.2, 0) is 0 Å². The first kappa shape index (κ1) is 16.9. The number of amides is 1. The second-order valence-corrected chi connectivity index (χ2v) is 7.80. The van der Waals surface area contributed by atoms with Crippen LogP contribution >= 0.6 is 39.0 Å². The molecule has 122 valence electrons. The van der Waals surface area contributed by atoms with E-state index in [4.69, 9.17) is 5.73 Å². The van der Waals surface area contributed by atoms with Crippen LogP contribution in [0, 0.1) is 6.92 Å². The van der Waals surface area contributed by atoms with E-state index in [1.807, 2.05) is 30.5 Å². The van der Waals surface area contributed by atoms with E-state index in [0.29, 0.717) is 11.4 Å². The normalized spacial score (nSPS) is 10.6. The van der Waals surface area contributed by atoms with Crippen molar-refractivity contribution >= 4 is 55.9 Å². The highest BCUT2D eigenvalue weighted by molar-refractivity contribution is 9.10. The van der Waals surface area contributed by atoms with Crippen LogP contribution in [0.2, 0.25) is 0 Å².